The molecule has 0 spiro atoms. The van der Waals surface area contributed by atoms with Crippen molar-refractivity contribution in [3.63, 3.8) is 0 Å². The lowest BCUT2D eigenvalue weighted by Gasteiger charge is -2.32. The number of rotatable bonds is 3. The van der Waals surface area contributed by atoms with E-state index < -0.39 is 11.4 Å². The van der Waals surface area contributed by atoms with Crippen LogP contribution in [-0.2, 0) is 6.54 Å². The van der Waals surface area contributed by atoms with Crippen molar-refractivity contribution < 1.29 is 9.50 Å². The fourth-order valence-corrected chi connectivity index (χ4v) is 2.73. The van der Waals surface area contributed by atoms with Crippen molar-refractivity contribution >= 4 is 12.4 Å². The number of halogens is 2. The normalized spacial score (nSPS) is 16.6. The SMILES string of the molecule is Cl.O=c1cc(-c2ccccc2F)ncn1CC1(O)CCNCC1. The summed E-state index contributed by atoms with van der Waals surface area (Å²) in [4.78, 5) is 16.4. The van der Waals surface area contributed by atoms with E-state index in [1.165, 1.54) is 23.0 Å². The van der Waals surface area contributed by atoms with Crippen LogP contribution in [0.5, 0.6) is 0 Å². The molecule has 23 heavy (non-hydrogen) atoms. The van der Waals surface area contributed by atoms with Crippen LogP contribution in [0.4, 0.5) is 4.39 Å². The number of piperidine rings is 1. The molecule has 0 atom stereocenters. The third-order valence-electron chi connectivity index (χ3n) is 4.03. The zero-order chi connectivity index (χ0) is 15.6. The molecule has 0 amide bonds. The first-order chi connectivity index (χ1) is 10.6. The molecule has 1 aromatic carbocycles. The van der Waals surface area contributed by atoms with E-state index >= 15 is 0 Å². The Hall–Kier alpha value is -1.76. The Labute approximate surface area is 139 Å². The van der Waals surface area contributed by atoms with E-state index in [9.17, 15) is 14.3 Å². The Kier molecular flexibility index (Phi) is 5.51. The topological polar surface area (TPSA) is 67.2 Å². The molecule has 124 valence electrons. The molecule has 1 aliphatic heterocycles. The number of hydrogen-bond donors (Lipinski definition) is 2. The summed E-state index contributed by atoms with van der Waals surface area (Å²) in [5, 5.41) is 13.7. The van der Waals surface area contributed by atoms with Gasteiger partial charge in [0.15, 0.2) is 0 Å². The maximum Gasteiger partial charge on any atom is 0.253 e. The minimum absolute atomic E-state index is 0. The van der Waals surface area contributed by atoms with Crippen LogP contribution in [0.1, 0.15) is 12.8 Å². The van der Waals surface area contributed by atoms with Crippen LogP contribution in [0.25, 0.3) is 11.3 Å². The van der Waals surface area contributed by atoms with E-state index in [1.807, 2.05) is 0 Å². The summed E-state index contributed by atoms with van der Waals surface area (Å²) in [6, 6.07) is 7.51. The second-order valence-corrected chi connectivity index (χ2v) is 5.69. The quantitative estimate of drug-likeness (QED) is 0.891. The Morgan fingerprint density at radius 2 is 2.00 bits per heavy atom. The molecular weight excluding hydrogens is 321 g/mol. The Morgan fingerprint density at radius 1 is 1.30 bits per heavy atom. The number of nitrogens with zero attached hydrogens (tertiary/aromatic N) is 2. The highest BCUT2D eigenvalue weighted by atomic mass is 35.5. The third-order valence-corrected chi connectivity index (χ3v) is 4.03. The maximum absolute atomic E-state index is 13.7. The summed E-state index contributed by atoms with van der Waals surface area (Å²) in [5.74, 6) is -0.413. The van der Waals surface area contributed by atoms with Crippen LogP contribution in [0.15, 0.2) is 41.5 Å². The van der Waals surface area contributed by atoms with Gasteiger partial charge in [-0.1, -0.05) is 12.1 Å². The van der Waals surface area contributed by atoms with E-state index in [-0.39, 0.29) is 24.5 Å². The smallest absolute Gasteiger partial charge is 0.253 e. The van der Waals surface area contributed by atoms with Gasteiger partial charge in [0.2, 0.25) is 0 Å². The van der Waals surface area contributed by atoms with Crippen molar-refractivity contribution in [3.8, 4) is 11.3 Å². The van der Waals surface area contributed by atoms with Crippen LogP contribution in [-0.4, -0.2) is 33.3 Å². The van der Waals surface area contributed by atoms with Crippen LogP contribution in [0, 0.1) is 5.82 Å². The predicted octanol–water partition coefficient (Wildman–Crippen LogP) is 1.59. The highest BCUT2D eigenvalue weighted by Crippen LogP contribution is 2.21. The van der Waals surface area contributed by atoms with Gasteiger partial charge in [0.1, 0.15) is 5.82 Å². The molecule has 0 radical (unpaired) electrons. The second kappa shape index (κ2) is 7.21. The minimum atomic E-state index is -0.893. The van der Waals surface area contributed by atoms with Gasteiger partial charge in [-0.05, 0) is 38.1 Å². The largest absolute Gasteiger partial charge is 0.388 e. The summed E-state index contributed by atoms with van der Waals surface area (Å²) in [6.45, 7) is 1.66. The summed E-state index contributed by atoms with van der Waals surface area (Å²) in [7, 11) is 0. The molecule has 1 fully saturated rings. The van der Waals surface area contributed by atoms with E-state index in [0.717, 1.165) is 13.1 Å². The molecule has 1 saturated heterocycles. The third kappa shape index (κ3) is 3.96. The molecule has 2 aromatic rings. The summed E-state index contributed by atoms with van der Waals surface area (Å²) in [6.07, 6.45) is 2.56. The van der Waals surface area contributed by atoms with Crippen molar-refractivity contribution in [2.75, 3.05) is 13.1 Å². The van der Waals surface area contributed by atoms with Crippen LogP contribution < -0.4 is 10.9 Å². The number of aromatic nitrogens is 2. The van der Waals surface area contributed by atoms with Crippen LogP contribution >= 0.6 is 12.4 Å². The zero-order valence-electron chi connectivity index (χ0n) is 12.5. The lowest BCUT2D eigenvalue weighted by molar-refractivity contribution is -0.00640. The number of hydrogen-bond acceptors (Lipinski definition) is 4. The standard InChI is InChI=1S/C16H18FN3O2.ClH/c17-13-4-2-1-3-12(13)14-9-15(21)20(11-19-14)10-16(22)5-7-18-8-6-16;/h1-4,9,11,18,22H,5-8,10H2;1H. The molecule has 0 saturated carbocycles. The van der Waals surface area contributed by atoms with E-state index in [1.54, 1.807) is 18.2 Å². The van der Waals surface area contributed by atoms with Crippen molar-refractivity contribution in [3.05, 3.63) is 52.8 Å². The van der Waals surface area contributed by atoms with Crippen molar-refractivity contribution in [2.24, 2.45) is 0 Å². The summed E-state index contributed by atoms with van der Waals surface area (Å²) in [5.41, 5.74) is -0.583. The summed E-state index contributed by atoms with van der Waals surface area (Å²) >= 11 is 0. The first-order valence-electron chi connectivity index (χ1n) is 7.32. The van der Waals surface area contributed by atoms with Gasteiger partial charge in [-0.25, -0.2) is 9.37 Å². The van der Waals surface area contributed by atoms with Gasteiger partial charge in [-0.3, -0.25) is 9.36 Å². The number of benzene rings is 1. The van der Waals surface area contributed by atoms with Crippen molar-refractivity contribution in [2.45, 2.75) is 25.0 Å². The fraction of sp³-hybridized carbons (Fsp3) is 0.375. The average molecular weight is 340 g/mol. The van der Waals surface area contributed by atoms with Gasteiger partial charge < -0.3 is 10.4 Å². The molecule has 5 nitrogen and oxygen atoms in total. The maximum atomic E-state index is 13.7. The molecule has 2 N–H and O–H groups in total. The second-order valence-electron chi connectivity index (χ2n) is 5.69. The Morgan fingerprint density at radius 3 is 2.65 bits per heavy atom. The highest BCUT2D eigenvalue weighted by molar-refractivity contribution is 5.85. The molecule has 1 aliphatic rings. The fourth-order valence-electron chi connectivity index (χ4n) is 2.73. The van der Waals surface area contributed by atoms with Crippen LogP contribution in [0.3, 0.4) is 0 Å². The van der Waals surface area contributed by atoms with Gasteiger partial charge in [-0.15, -0.1) is 12.4 Å². The first kappa shape index (κ1) is 17.6. The molecular formula is C16H19ClFN3O2. The number of aliphatic hydroxyl groups is 1. The Balaban J connectivity index is 0.00000192. The van der Waals surface area contributed by atoms with Crippen molar-refractivity contribution in [1.29, 1.82) is 0 Å². The molecule has 0 unspecified atom stereocenters. The monoisotopic (exact) mass is 339 g/mol. The van der Waals surface area contributed by atoms with Gasteiger partial charge in [0.25, 0.3) is 5.56 Å². The zero-order valence-corrected chi connectivity index (χ0v) is 13.4. The van der Waals surface area contributed by atoms with Crippen molar-refractivity contribution in [1.82, 2.24) is 14.9 Å². The first-order valence-corrected chi connectivity index (χ1v) is 7.32. The lowest BCUT2D eigenvalue weighted by atomic mass is 9.92. The molecule has 0 aliphatic carbocycles. The lowest BCUT2D eigenvalue weighted by Crippen LogP contribution is -2.46. The Bertz CT molecular complexity index is 729. The van der Waals surface area contributed by atoms with E-state index in [2.05, 4.69) is 10.3 Å². The molecule has 1 aromatic heterocycles. The highest BCUT2D eigenvalue weighted by Gasteiger charge is 2.29. The summed E-state index contributed by atoms with van der Waals surface area (Å²) < 4.78 is 15.1. The molecule has 7 heteroatoms. The van der Waals surface area contributed by atoms with E-state index in [4.69, 9.17) is 0 Å². The van der Waals surface area contributed by atoms with Crippen LogP contribution in [0.2, 0.25) is 0 Å². The van der Waals surface area contributed by atoms with E-state index in [0.29, 0.717) is 24.1 Å². The van der Waals surface area contributed by atoms with Gasteiger partial charge in [0.05, 0.1) is 24.2 Å². The van der Waals surface area contributed by atoms with Gasteiger partial charge >= 0.3 is 0 Å². The molecule has 2 heterocycles. The average Bonchev–Trinajstić information content (AvgIpc) is 2.50. The van der Waals surface area contributed by atoms with Gasteiger partial charge in [0, 0.05) is 11.6 Å². The molecule has 3 rings (SSSR count). The molecule has 0 bridgehead atoms. The number of nitrogens with one attached hydrogen (secondary N) is 1. The minimum Gasteiger partial charge on any atom is -0.388 e. The van der Waals surface area contributed by atoms with Gasteiger partial charge in [-0.2, -0.15) is 0 Å². The predicted molar refractivity (Wildman–Crippen MR) is 88.2 cm³/mol.